The molecule has 0 heterocycles. The molecule has 5 heteroatoms. The summed E-state index contributed by atoms with van der Waals surface area (Å²) in [6.07, 6.45) is 8.64. The van der Waals surface area contributed by atoms with Gasteiger partial charge in [-0.25, -0.2) is 0 Å². The van der Waals surface area contributed by atoms with Crippen molar-refractivity contribution >= 4 is 29.9 Å². The molecule has 23 heavy (non-hydrogen) atoms. The number of aliphatic hydroxyl groups is 1. The molecule has 1 saturated carbocycles. The SMILES string of the molecule is CCCC(CCO)CN=C(NCC)NCC1CCCCC1C.I. The molecule has 1 rings (SSSR count). The Labute approximate surface area is 160 Å². The molecule has 3 N–H and O–H groups in total. The third-order valence-electron chi connectivity index (χ3n) is 4.91. The second-order valence-electron chi connectivity index (χ2n) is 6.79. The van der Waals surface area contributed by atoms with E-state index in [-0.39, 0.29) is 30.6 Å². The molecule has 0 aromatic carbocycles. The molecule has 0 spiro atoms. The fraction of sp³-hybridized carbons (Fsp3) is 0.944. The number of nitrogens with one attached hydrogen (secondary N) is 2. The predicted molar refractivity (Wildman–Crippen MR) is 111 cm³/mol. The van der Waals surface area contributed by atoms with Crippen molar-refractivity contribution in [2.24, 2.45) is 22.7 Å². The lowest BCUT2D eigenvalue weighted by Crippen LogP contribution is -2.41. The van der Waals surface area contributed by atoms with Crippen molar-refractivity contribution in [1.82, 2.24) is 10.6 Å². The normalized spacial score (nSPS) is 23.0. The summed E-state index contributed by atoms with van der Waals surface area (Å²) in [4.78, 5) is 4.74. The van der Waals surface area contributed by atoms with Crippen molar-refractivity contribution in [3.8, 4) is 0 Å². The quantitative estimate of drug-likeness (QED) is 0.291. The van der Waals surface area contributed by atoms with Gasteiger partial charge in [-0.2, -0.15) is 0 Å². The van der Waals surface area contributed by atoms with Crippen LogP contribution >= 0.6 is 24.0 Å². The van der Waals surface area contributed by atoms with Gasteiger partial charge in [0.25, 0.3) is 0 Å². The molecule has 0 bridgehead atoms. The van der Waals surface area contributed by atoms with Crippen LogP contribution in [-0.2, 0) is 0 Å². The molecule has 1 fully saturated rings. The van der Waals surface area contributed by atoms with Gasteiger partial charge >= 0.3 is 0 Å². The first kappa shape index (κ1) is 23.0. The lowest BCUT2D eigenvalue weighted by molar-refractivity contribution is 0.252. The Kier molecular flexibility index (Phi) is 14.3. The maximum atomic E-state index is 9.15. The summed E-state index contributed by atoms with van der Waals surface area (Å²) in [6, 6.07) is 0. The monoisotopic (exact) mass is 439 g/mol. The molecule has 138 valence electrons. The van der Waals surface area contributed by atoms with Crippen LogP contribution in [0.25, 0.3) is 0 Å². The molecule has 0 saturated heterocycles. The zero-order valence-corrected chi connectivity index (χ0v) is 17.6. The summed E-state index contributed by atoms with van der Waals surface area (Å²) >= 11 is 0. The van der Waals surface area contributed by atoms with Crippen LogP contribution in [0.3, 0.4) is 0 Å². The summed E-state index contributed by atoms with van der Waals surface area (Å²) in [6.45, 7) is 9.69. The van der Waals surface area contributed by atoms with Gasteiger partial charge in [-0.15, -0.1) is 24.0 Å². The fourth-order valence-electron chi connectivity index (χ4n) is 3.40. The Hall–Kier alpha value is -0.0400. The van der Waals surface area contributed by atoms with Gasteiger partial charge in [-0.1, -0.05) is 39.5 Å². The first-order valence-electron chi connectivity index (χ1n) is 9.34. The molecule has 0 amide bonds. The minimum Gasteiger partial charge on any atom is -0.396 e. The smallest absolute Gasteiger partial charge is 0.191 e. The summed E-state index contributed by atoms with van der Waals surface area (Å²) < 4.78 is 0. The number of nitrogens with zero attached hydrogens (tertiary/aromatic N) is 1. The van der Waals surface area contributed by atoms with Gasteiger partial charge in [0, 0.05) is 26.2 Å². The van der Waals surface area contributed by atoms with Crippen LogP contribution in [0.2, 0.25) is 0 Å². The molecule has 0 aromatic heterocycles. The number of halogens is 1. The first-order chi connectivity index (χ1) is 10.7. The molecule has 0 radical (unpaired) electrons. The average Bonchev–Trinajstić information content (AvgIpc) is 2.51. The molecule has 0 aromatic rings. The molecule has 3 atom stereocenters. The summed E-state index contributed by atoms with van der Waals surface area (Å²) in [5.74, 6) is 3.05. The van der Waals surface area contributed by atoms with Crippen molar-refractivity contribution in [2.45, 2.75) is 65.7 Å². The summed E-state index contributed by atoms with van der Waals surface area (Å²) in [5, 5.41) is 16.0. The number of hydrogen-bond donors (Lipinski definition) is 3. The van der Waals surface area contributed by atoms with E-state index in [9.17, 15) is 0 Å². The van der Waals surface area contributed by atoms with Gasteiger partial charge in [0.2, 0.25) is 0 Å². The largest absolute Gasteiger partial charge is 0.396 e. The lowest BCUT2D eigenvalue weighted by atomic mass is 9.80. The number of rotatable bonds is 9. The van der Waals surface area contributed by atoms with E-state index >= 15 is 0 Å². The highest BCUT2D eigenvalue weighted by atomic mass is 127. The number of hydrogen-bond acceptors (Lipinski definition) is 2. The average molecular weight is 439 g/mol. The second kappa shape index (κ2) is 14.3. The van der Waals surface area contributed by atoms with Crippen LogP contribution in [0, 0.1) is 17.8 Å². The minimum absolute atomic E-state index is 0. The van der Waals surface area contributed by atoms with Crippen molar-refractivity contribution in [1.29, 1.82) is 0 Å². The van der Waals surface area contributed by atoms with Gasteiger partial charge < -0.3 is 15.7 Å². The highest BCUT2D eigenvalue weighted by Gasteiger charge is 2.21. The minimum atomic E-state index is 0. The molecule has 4 nitrogen and oxygen atoms in total. The highest BCUT2D eigenvalue weighted by Crippen LogP contribution is 2.28. The van der Waals surface area contributed by atoms with Crippen LogP contribution in [-0.4, -0.2) is 37.3 Å². The van der Waals surface area contributed by atoms with Crippen LogP contribution in [0.5, 0.6) is 0 Å². The van der Waals surface area contributed by atoms with Crippen LogP contribution in [0.15, 0.2) is 4.99 Å². The van der Waals surface area contributed by atoms with E-state index in [0.717, 1.165) is 56.7 Å². The van der Waals surface area contributed by atoms with E-state index in [4.69, 9.17) is 10.1 Å². The van der Waals surface area contributed by atoms with E-state index in [2.05, 4.69) is 31.4 Å². The molecule has 1 aliphatic carbocycles. The third-order valence-corrected chi connectivity index (χ3v) is 4.91. The van der Waals surface area contributed by atoms with Gasteiger partial charge in [0.1, 0.15) is 0 Å². The number of guanidine groups is 1. The Bertz CT molecular complexity index is 307. The first-order valence-corrected chi connectivity index (χ1v) is 9.34. The highest BCUT2D eigenvalue weighted by molar-refractivity contribution is 14.0. The Balaban J connectivity index is 0.00000484. The van der Waals surface area contributed by atoms with E-state index in [1.54, 1.807) is 0 Å². The van der Waals surface area contributed by atoms with Crippen molar-refractivity contribution < 1.29 is 5.11 Å². The molecule has 3 unspecified atom stereocenters. The van der Waals surface area contributed by atoms with Crippen molar-refractivity contribution in [3.05, 3.63) is 0 Å². The lowest BCUT2D eigenvalue weighted by Gasteiger charge is -2.29. The molecule has 1 aliphatic rings. The zero-order chi connectivity index (χ0) is 16.2. The molecule has 0 aliphatic heterocycles. The van der Waals surface area contributed by atoms with Crippen LogP contribution < -0.4 is 10.6 Å². The van der Waals surface area contributed by atoms with Gasteiger partial charge in [-0.3, -0.25) is 4.99 Å². The Morgan fingerprint density at radius 3 is 2.52 bits per heavy atom. The fourth-order valence-corrected chi connectivity index (χ4v) is 3.40. The van der Waals surface area contributed by atoms with E-state index in [1.165, 1.54) is 25.7 Å². The zero-order valence-electron chi connectivity index (χ0n) is 15.3. The van der Waals surface area contributed by atoms with Crippen molar-refractivity contribution in [2.75, 3.05) is 26.2 Å². The Morgan fingerprint density at radius 1 is 1.17 bits per heavy atom. The maximum Gasteiger partial charge on any atom is 0.191 e. The van der Waals surface area contributed by atoms with Crippen LogP contribution in [0.1, 0.15) is 65.7 Å². The van der Waals surface area contributed by atoms with Crippen molar-refractivity contribution in [3.63, 3.8) is 0 Å². The number of aliphatic hydroxyl groups excluding tert-OH is 1. The summed E-state index contributed by atoms with van der Waals surface area (Å²) in [5.41, 5.74) is 0. The van der Waals surface area contributed by atoms with Gasteiger partial charge in [-0.05, 0) is 43.9 Å². The second-order valence-corrected chi connectivity index (χ2v) is 6.79. The maximum absolute atomic E-state index is 9.15. The standard InChI is InChI=1S/C18H37N3O.HI/c1-4-8-16(11-12-22)13-20-18(19-5-2)21-14-17-10-7-6-9-15(17)3;/h15-17,22H,4-14H2,1-3H3,(H2,19,20,21);1H. The van der Waals surface area contributed by atoms with Gasteiger partial charge in [0.05, 0.1) is 0 Å². The molecular weight excluding hydrogens is 401 g/mol. The summed E-state index contributed by atoms with van der Waals surface area (Å²) in [7, 11) is 0. The number of aliphatic imine (C=N–C) groups is 1. The predicted octanol–water partition coefficient (Wildman–Crippen LogP) is 3.78. The van der Waals surface area contributed by atoms with Gasteiger partial charge in [0.15, 0.2) is 5.96 Å². The third kappa shape index (κ3) is 9.75. The Morgan fingerprint density at radius 2 is 1.91 bits per heavy atom. The topological polar surface area (TPSA) is 56.7 Å². The molecular formula is C18H38IN3O. The van der Waals surface area contributed by atoms with E-state index < -0.39 is 0 Å². The van der Waals surface area contributed by atoms with E-state index in [0.29, 0.717) is 5.92 Å². The van der Waals surface area contributed by atoms with E-state index in [1.807, 2.05) is 0 Å². The van der Waals surface area contributed by atoms with Crippen LogP contribution in [0.4, 0.5) is 0 Å².